The predicted octanol–water partition coefficient (Wildman–Crippen LogP) is 5.97. The van der Waals surface area contributed by atoms with Gasteiger partial charge in [-0.2, -0.15) is 0 Å². The van der Waals surface area contributed by atoms with E-state index in [0.717, 1.165) is 23.1 Å². The summed E-state index contributed by atoms with van der Waals surface area (Å²) >= 11 is 0. The quantitative estimate of drug-likeness (QED) is 0.340. The zero-order valence-electron chi connectivity index (χ0n) is 20.2. The third-order valence-corrected chi connectivity index (χ3v) is 6.35. The number of benzene rings is 3. The van der Waals surface area contributed by atoms with Gasteiger partial charge in [0.2, 0.25) is 5.91 Å². The first kappa shape index (κ1) is 23.7. The number of likely N-dealkylation sites (tertiary alicyclic amines) is 1. The number of carbonyl (C=O) groups is 2. The number of hydrogen-bond donors (Lipinski definition) is 0. The van der Waals surface area contributed by atoms with E-state index >= 15 is 0 Å². The van der Waals surface area contributed by atoms with Crippen molar-refractivity contribution in [2.75, 3.05) is 6.54 Å². The van der Waals surface area contributed by atoms with E-state index in [-0.39, 0.29) is 11.9 Å². The van der Waals surface area contributed by atoms with Gasteiger partial charge >= 0.3 is 5.97 Å². The molecule has 4 nitrogen and oxygen atoms in total. The maximum atomic E-state index is 14.4. The third kappa shape index (κ3) is 5.06. The van der Waals surface area contributed by atoms with E-state index in [2.05, 4.69) is 0 Å². The summed E-state index contributed by atoms with van der Waals surface area (Å²) in [4.78, 5) is 30.0. The molecule has 1 aliphatic heterocycles. The van der Waals surface area contributed by atoms with Crippen molar-refractivity contribution >= 4 is 11.9 Å². The van der Waals surface area contributed by atoms with E-state index in [1.807, 2.05) is 117 Å². The molecule has 0 saturated carbocycles. The van der Waals surface area contributed by atoms with Crippen molar-refractivity contribution in [3.05, 3.63) is 108 Å². The SMILES string of the molecule is CC(C)(C)OC(=O)C1(Cc2ccccc2)CCCN(C(c2ccccc2)c2ccccc2)C1=O. The van der Waals surface area contributed by atoms with Crippen LogP contribution in [0.3, 0.4) is 0 Å². The van der Waals surface area contributed by atoms with E-state index in [0.29, 0.717) is 19.4 Å². The summed E-state index contributed by atoms with van der Waals surface area (Å²) in [5.41, 5.74) is 1.08. The average Bonchev–Trinajstić information content (AvgIpc) is 2.82. The van der Waals surface area contributed by atoms with Crippen molar-refractivity contribution in [1.29, 1.82) is 0 Å². The molecule has 1 atom stereocenters. The highest BCUT2D eigenvalue weighted by atomic mass is 16.6. The second kappa shape index (κ2) is 9.84. The average molecular weight is 456 g/mol. The summed E-state index contributed by atoms with van der Waals surface area (Å²) in [6, 6.07) is 29.6. The Bertz CT molecular complexity index is 1070. The largest absolute Gasteiger partial charge is 0.459 e. The second-order valence-electron chi connectivity index (χ2n) is 10.1. The molecule has 1 fully saturated rings. The lowest BCUT2D eigenvalue weighted by atomic mass is 9.73. The smallest absolute Gasteiger partial charge is 0.322 e. The molecule has 0 radical (unpaired) electrons. The Morgan fingerprint density at radius 3 is 1.88 bits per heavy atom. The monoisotopic (exact) mass is 455 g/mol. The van der Waals surface area contributed by atoms with E-state index in [1.54, 1.807) is 0 Å². The highest BCUT2D eigenvalue weighted by Gasteiger charge is 2.53. The number of esters is 1. The van der Waals surface area contributed by atoms with E-state index in [4.69, 9.17) is 4.74 Å². The van der Waals surface area contributed by atoms with Gasteiger partial charge in [0.25, 0.3) is 0 Å². The van der Waals surface area contributed by atoms with E-state index in [1.165, 1.54) is 0 Å². The zero-order chi connectivity index (χ0) is 24.2. The minimum atomic E-state index is -1.26. The van der Waals surface area contributed by atoms with Crippen LogP contribution < -0.4 is 0 Å². The number of hydrogen-bond acceptors (Lipinski definition) is 3. The lowest BCUT2D eigenvalue weighted by Gasteiger charge is -2.44. The number of amides is 1. The van der Waals surface area contributed by atoms with Crippen LogP contribution in [0.15, 0.2) is 91.0 Å². The molecule has 0 N–H and O–H groups in total. The van der Waals surface area contributed by atoms with Crippen molar-refractivity contribution in [3.63, 3.8) is 0 Å². The Labute approximate surface area is 202 Å². The van der Waals surface area contributed by atoms with Gasteiger partial charge in [-0.05, 0) is 56.7 Å². The zero-order valence-corrected chi connectivity index (χ0v) is 20.2. The molecule has 34 heavy (non-hydrogen) atoms. The molecule has 1 amide bonds. The molecule has 4 heteroatoms. The fourth-order valence-corrected chi connectivity index (χ4v) is 4.85. The molecular weight excluding hydrogens is 422 g/mol. The van der Waals surface area contributed by atoms with Crippen LogP contribution in [0.25, 0.3) is 0 Å². The maximum absolute atomic E-state index is 14.4. The standard InChI is InChI=1S/C30H33NO3/c1-29(2,3)34-28(33)30(22-23-14-7-4-8-15-23)20-13-21-31(27(30)32)26(24-16-9-5-10-17-24)25-18-11-6-12-19-25/h4-12,14-19,26H,13,20-22H2,1-3H3. The molecule has 0 aromatic heterocycles. The van der Waals surface area contributed by atoms with Crippen molar-refractivity contribution in [1.82, 2.24) is 4.90 Å². The number of rotatable bonds is 6. The molecule has 1 aliphatic rings. The first-order valence-corrected chi connectivity index (χ1v) is 12.0. The Hall–Kier alpha value is -3.40. The van der Waals surface area contributed by atoms with Crippen LogP contribution >= 0.6 is 0 Å². The Morgan fingerprint density at radius 2 is 1.38 bits per heavy atom. The topological polar surface area (TPSA) is 46.6 Å². The summed E-state index contributed by atoms with van der Waals surface area (Å²) in [5.74, 6) is -0.590. The van der Waals surface area contributed by atoms with Crippen LogP contribution in [0.5, 0.6) is 0 Å². The Kier molecular flexibility index (Phi) is 6.87. The molecule has 3 aromatic carbocycles. The predicted molar refractivity (Wildman–Crippen MR) is 134 cm³/mol. The number of ether oxygens (including phenoxy) is 1. The number of piperidine rings is 1. The summed E-state index contributed by atoms with van der Waals surface area (Å²) < 4.78 is 5.88. The van der Waals surface area contributed by atoms with Gasteiger partial charge in [0.1, 0.15) is 5.60 Å². The van der Waals surface area contributed by atoms with Gasteiger partial charge in [-0.3, -0.25) is 9.59 Å². The van der Waals surface area contributed by atoms with Crippen LogP contribution in [-0.2, 0) is 20.7 Å². The highest BCUT2D eigenvalue weighted by Crippen LogP contribution is 2.42. The van der Waals surface area contributed by atoms with Gasteiger partial charge < -0.3 is 9.64 Å². The van der Waals surface area contributed by atoms with Crippen molar-refractivity contribution < 1.29 is 14.3 Å². The third-order valence-electron chi connectivity index (χ3n) is 6.35. The first-order chi connectivity index (χ1) is 16.3. The van der Waals surface area contributed by atoms with Crippen molar-refractivity contribution in [3.8, 4) is 0 Å². The van der Waals surface area contributed by atoms with Gasteiger partial charge in [-0.1, -0.05) is 91.0 Å². The van der Waals surface area contributed by atoms with Crippen LogP contribution in [-0.4, -0.2) is 28.9 Å². The Balaban J connectivity index is 1.79. The first-order valence-electron chi connectivity index (χ1n) is 12.0. The number of nitrogens with zero attached hydrogens (tertiary/aromatic N) is 1. The normalized spacial score (nSPS) is 18.7. The van der Waals surface area contributed by atoms with Crippen LogP contribution in [0.4, 0.5) is 0 Å². The van der Waals surface area contributed by atoms with Gasteiger partial charge in [0.15, 0.2) is 5.41 Å². The fourth-order valence-electron chi connectivity index (χ4n) is 4.85. The van der Waals surface area contributed by atoms with Gasteiger partial charge in [-0.25, -0.2) is 0 Å². The number of carbonyl (C=O) groups excluding carboxylic acids is 2. The van der Waals surface area contributed by atoms with Crippen molar-refractivity contribution in [2.24, 2.45) is 5.41 Å². The lowest BCUT2D eigenvalue weighted by Crippen LogP contribution is -2.56. The molecule has 0 aliphatic carbocycles. The molecule has 4 rings (SSSR count). The molecular formula is C30H33NO3. The minimum absolute atomic E-state index is 0.158. The molecule has 1 heterocycles. The summed E-state index contributed by atoms with van der Waals surface area (Å²) in [5, 5.41) is 0. The van der Waals surface area contributed by atoms with E-state index < -0.39 is 17.0 Å². The molecule has 3 aromatic rings. The highest BCUT2D eigenvalue weighted by molar-refractivity contribution is 6.04. The molecule has 0 bridgehead atoms. The molecule has 176 valence electrons. The van der Waals surface area contributed by atoms with Crippen LogP contribution in [0.2, 0.25) is 0 Å². The Morgan fingerprint density at radius 1 is 0.882 bits per heavy atom. The fraction of sp³-hybridized carbons (Fsp3) is 0.333. The summed E-state index contributed by atoms with van der Waals surface area (Å²) in [6.45, 7) is 6.14. The van der Waals surface area contributed by atoms with Gasteiger partial charge in [-0.15, -0.1) is 0 Å². The van der Waals surface area contributed by atoms with Gasteiger partial charge in [0.05, 0.1) is 6.04 Å². The minimum Gasteiger partial charge on any atom is -0.459 e. The molecule has 1 saturated heterocycles. The second-order valence-corrected chi connectivity index (χ2v) is 10.1. The molecule has 1 unspecified atom stereocenters. The van der Waals surface area contributed by atoms with Crippen LogP contribution in [0.1, 0.15) is 56.3 Å². The lowest BCUT2D eigenvalue weighted by molar-refractivity contribution is -0.178. The summed E-state index contributed by atoms with van der Waals surface area (Å²) in [7, 11) is 0. The maximum Gasteiger partial charge on any atom is 0.322 e. The van der Waals surface area contributed by atoms with Crippen LogP contribution in [0, 0.1) is 5.41 Å². The summed E-state index contributed by atoms with van der Waals surface area (Å²) in [6.07, 6.45) is 1.53. The van der Waals surface area contributed by atoms with Gasteiger partial charge in [0, 0.05) is 6.54 Å². The van der Waals surface area contributed by atoms with Crippen molar-refractivity contribution in [2.45, 2.75) is 51.7 Å². The molecule has 0 spiro atoms. The van der Waals surface area contributed by atoms with E-state index in [9.17, 15) is 9.59 Å².